The number of rotatable bonds is 72. The average Bonchev–Trinajstić information content (AvgIpc) is 0.852. The highest BCUT2D eigenvalue weighted by atomic mass is 16.7. The first-order valence-electron chi connectivity index (χ1n) is 40.6. The predicted molar refractivity (Wildman–Crippen MR) is 398 cm³/mol. The average molecular weight is 1330 g/mol. The third-order valence-corrected chi connectivity index (χ3v) is 19.1. The van der Waals surface area contributed by atoms with Gasteiger partial charge in [-0.3, -0.25) is 9.59 Å². The Hall–Kier alpha value is -2.64. The van der Waals surface area contributed by atoms with E-state index in [4.69, 9.17) is 14.2 Å². The first kappa shape index (κ1) is 89.4. The van der Waals surface area contributed by atoms with Crippen LogP contribution >= 0.6 is 0 Å². The van der Waals surface area contributed by atoms with Gasteiger partial charge >= 0.3 is 5.97 Å². The molecule has 7 unspecified atom stereocenters. The van der Waals surface area contributed by atoms with Gasteiger partial charge in [0.1, 0.15) is 24.4 Å². The van der Waals surface area contributed by atoms with Gasteiger partial charge in [-0.25, -0.2) is 0 Å². The van der Waals surface area contributed by atoms with E-state index in [0.29, 0.717) is 19.4 Å². The number of carbonyl (C=O) groups is 2. The minimum Gasteiger partial charge on any atom is -0.466 e. The van der Waals surface area contributed by atoms with E-state index in [9.17, 15) is 35.1 Å². The van der Waals surface area contributed by atoms with E-state index in [2.05, 4.69) is 67.8 Å². The van der Waals surface area contributed by atoms with Gasteiger partial charge in [-0.1, -0.05) is 357 Å². The molecule has 0 bridgehead atoms. The summed E-state index contributed by atoms with van der Waals surface area (Å²) in [6.07, 6.45) is 87.2. The first-order chi connectivity index (χ1) is 46.2. The quantitative estimate of drug-likeness (QED) is 0.0195. The van der Waals surface area contributed by atoms with Crippen LogP contribution in [0.5, 0.6) is 0 Å². The van der Waals surface area contributed by atoms with E-state index in [1.54, 1.807) is 6.08 Å². The first-order valence-corrected chi connectivity index (χ1v) is 40.6. The maximum absolute atomic E-state index is 13.0. The zero-order valence-corrected chi connectivity index (χ0v) is 61.4. The maximum Gasteiger partial charge on any atom is 0.305 e. The van der Waals surface area contributed by atoms with Crippen LogP contribution in [0.4, 0.5) is 0 Å². The van der Waals surface area contributed by atoms with Crippen LogP contribution in [0.25, 0.3) is 0 Å². The van der Waals surface area contributed by atoms with Gasteiger partial charge in [0, 0.05) is 12.8 Å². The maximum atomic E-state index is 13.0. The molecular weight excluding hydrogens is 1170 g/mol. The van der Waals surface area contributed by atoms with Crippen molar-refractivity contribution in [2.45, 2.75) is 436 Å². The van der Waals surface area contributed by atoms with Crippen molar-refractivity contribution in [3.63, 3.8) is 0 Å². The molecule has 1 saturated heterocycles. The zero-order chi connectivity index (χ0) is 67.9. The Morgan fingerprint density at radius 2 is 0.755 bits per heavy atom. The number of aliphatic hydroxyl groups is 5. The van der Waals surface area contributed by atoms with Gasteiger partial charge in [0.05, 0.1) is 32.0 Å². The molecule has 550 valence electrons. The summed E-state index contributed by atoms with van der Waals surface area (Å²) in [6.45, 7) is 4.25. The highest BCUT2D eigenvalue weighted by Crippen LogP contribution is 2.24. The van der Waals surface area contributed by atoms with Gasteiger partial charge in [0.25, 0.3) is 0 Å². The Labute approximate surface area is 579 Å². The molecule has 1 rings (SSSR count). The summed E-state index contributed by atoms with van der Waals surface area (Å²) in [6, 6.07) is -0.833. The van der Waals surface area contributed by atoms with E-state index >= 15 is 0 Å². The van der Waals surface area contributed by atoms with Gasteiger partial charge in [-0.05, 0) is 83.5 Å². The lowest BCUT2D eigenvalue weighted by atomic mass is 9.99. The standard InChI is InChI=1S/C83H153NO10/c1-3-5-7-9-11-13-15-16-17-18-38-42-45-48-51-55-59-63-67-71-79(88)92-72-68-64-60-56-52-49-46-43-40-37-35-33-31-29-27-25-23-21-19-20-22-24-26-28-30-32-34-36-39-41-44-47-50-54-58-62-66-70-78(87)84-75(74-93-83-82(91)81(90)80(89)77(73-85)94-83)76(86)69-65-61-57-53-14-12-10-8-6-4-2/h6,8,14,19,21,25,27,53,65,69,75-77,80-83,85-86,89-91H,3-5,7,9-13,15-18,20,22-24,26,28-52,54-64,66-68,70-74H2,1-2H3,(H,84,87)/b8-6+,21-19-,27-25-,53-14+,69-65+. The summed E-state index contributed by atoms with van der Waals surface area (Å²) in [5.74, 6) is -0.178. The third-order valence-electron chi connectivity index (χ3n) is 19.1. The summed E-state index contributed by atoms with van der Waals surface area (Å²) < 4.78 is 16.7. The number of hydrogen-bond donors (Lipinski definition) is 6. The number of nitrogens with one attached hydrogen (secondary N) is 1. The Morgan fingerprint density at radius 3 is 1.16 bits per heavy atom. The second-order valence-electron chi connectivity index (χ2n) is 28.1. The lowest BCUT2D eigenvalue weighted by Crippen LogP contribution is -2.60. The highest BCUT2D eigenvalue weighted by molar-refractivity contribution is 5.76. The molecule has 0 radical (unpaired) electrons. The number of aliphatic hydroxyl groups excluding tert-OH is 5. The molecule has 1 amide bonds. The van der Waals surface area contributed by atoms with Crippen LogP contribution in [0.1, 0.15) is 393 Å². The number of carbonyl (C=O) groups excluding carboxylic acids is 2. The molecule has 1 aliphatic heterocycles. The second-order valence-corrected chi connectivity index (χ2v) is 28.1. The molecule has 11 heteroatoms. The minimum absolute atomic E-state index is 0.0175. The molecule has 0 aromatic heterocycles. The van der Waals surface area contributed by atoms with Crippen LogP contribution in [-0.4, -0.2) is 100 Å². The molecule has 6 N–H and O–H groups in total. The number of esters is 1. The van der Waals surface area contributed by atoms with Crippen LogP contribution in [0.2, 0.25) is 0 Å². The predicted octanol–water partition coefficient (Wildman–Crippen LogP) is 22.0. The molecule has 0 saturated carbocycles. The Morgan fingerprint density at radius 1 is 0.404 bits per heavy atom. The van der Waals surface area contributed by atoms with Crippen molar-refractivity contribution >= 4 is 11.9 Å². The minimum atomic E-state index is -1.58. The topological polar surface area (TPSA) is 175 Å². The van der Waals surface area contributed by atoms with Crippen LogP contribution in [0.3, 0.4) is 0 Å². The number of hydrogen-bond acceptors (Lipinski definition) is 10. The Bertz CT molecular complexity index is 1750. The molecule has 1 heterocycles. The van der Waals surface area contributed by atoms with E-state index in [1.165, 1.54) is 295 Å². The van der Waals surface area contributed by atoms with Crippen molar-refractivity contribution in [1.29, 1.82) is 0 Å². The van der Waals surface area contributed by atoms with Crippen molar-refractivity contribution < 1.29 is 49.3 Å². The van der Waals surface area contributed by atoms with E-state index in [1.807, 2.05) is 6.08 Å². The normalized spacial score (nSPS) is 17.7. The van der Waals surface area contributed by atoms with Gasteiger partial charge in [-0.2, -0.15) is 0 Å². The largest absolute Gasteiger partial charge is 0.466 e. The summed E-state index contributed by atoms with van der Waals surface area (Å²) in [5.41, 5.74) is 0. The van der Waals surface area contributed by atoms with Crippen LogP contribution in [-0.2, 0) is 23.8 Å². The fourth-order valence-corrected chi connectivity index (χ4v) is 12.8. The third kappa shape index (κ3) is 59.4. The molecule has 1 fully saturated rings. The monoisotopic (exact) mass is 1320 g/mol. The number of allylic oxidation sites excluding steroid dienone is 9. The lowest BCUT2D eigenvalue weighted by molar-refractivity contribution is -0.302. The van der Waals surface area contributed by atoms with Gasteiger partial charge in [0.2, 0.25) is 5.91 Å². The van der Waals surface area contributed by atoms with Crippen LogP contribution < -0.4 is 5.32 Å². The molecule has 94 heavy (non-hydrogen) atoms. The molecule has 0 aromatic rings. The molecular formula is C83H153NO10. The molecule has 7 atom stereocenters. The number of unbranched alkanes of at least 4 members (excludes halogenated alkanes) is 50. The fourth-order valence-electron chi connectivity index (χ4n) is 12.8. The molecule has 11 nitrogen and oxygen atoms in total. The summed E-state index contributed by atoms with van der Waals surface area (Å²) in [7, 11) is 0. The Kier molecular flexibility index (Phi) is 68.1. The van der Waals surface area contributed by atoms with Crippen molar-refractivity contribution in [3.05, 3.63) is 60.8 Å². The van der Waals surface area contributed by atoms with Gasteiger partial charge in [0.15, 0.2) is 6.29 Å². The van der Waals surface area contributed by atoms with E-state index < -0.39 is 49.5 Å². The summed E-state index contributed by atoms with van der Waals surface area (Å²) in [5, 5.41) is 54.3. The van der Waals surface area contributed by atoms with Crippen molar-refractivity contribution in [1.82, 2.24) is 5.32 Å². The van der Waals surface area contributed by atoms with Crippen LogP contribution in [0, 0.1) is 0 Å². The summed E-state index contributed by atoms with van der Waals surface area (Å²) >= 11 is 0. The highest BCUT2D eigenvalue weighted by Gasteiger charge is 2.44. The van der Waals surface area contributed by atoms with Crippen molar-refractivity contribution in [3.8, 4) is 0 Å². The molecule has 0 spiro atoms. The molecule has 0 aromatic carbocycles. The molecule has 0 aliphatic carbocycles. The zero-order valence-electron chi connectivity index (χ0n) is 61.4. The van der Waals surface area contributed by atoms with E-state index in [0.717, 1.165) is 70.6 Å². The van der Waals surface area contributed by atoms with Gasteiger partial charge in [-0.15, -0.1) is 0 Å². The van der Waals surface area contributed by atoms with E-state index in [-0.39, 0.29) is 18.5 Å². The number of amides is 1. The van der Waals surface area contributed by atoms with Gasteiger partial charge < -0.3 is 45.1 Å². The van der Waals surface area contributed by atoms with Crippen molar-refractivity contribution in [2.24, 2.45) is 0 Å². The Balaban J connectivity index is 1.87. The lowest BCUT2D eigenvalue weighted by Gasteiger charge is -2.40. The number of ether oxygens (including phenoxy) is 3. The molecule has 1 aliphatic rings. The smallest absolute Gasteiger partial charge is 0.305 e. The second kappa shape index (κ2) is 71.6. The SMILES string of the molecule is CC/C=C/CC/C=C/CC/C=C/C(O)C(COC1OC(CO)C(O)C(O)C1O)NC(=O)CCCCCCCCCCCCCCCCCCC/C=C\C/C=C\CCCCCCCCCCCCCCCOC(=O)CCCCCCCCCCCCCCCCCCCCC. The van der Waals surface area contributed by atoms with Crippen molar-refractivity contribution in [2.75, 3.05) is 19.8 Å². The summed E-state index contributed by atoms with van der Waals surface area (Å²) in [4.78, 5) is 25.2. The van der Waals surface area contributed by atoms with Crippen LogP contribution in [0.15, 0.2) is 60.8 Å². The fraction of sp³-hybridized carbons (Fsp3) is 0.855.